The quantitative estimate of drug-likeness (QED) is 0.508. The monoisotopic (exact) mass is 418 g/mol. The molecule has 2 atom stereocenters. The van der Waals surface area contributed by atoms with Crippen LogP contribution in [0.15, 0.2) is 53.6 Å². The third kappa shape index (κ3) is 3.83. The van der Waals surface area contributed by atoms with Crippen molar-refractivity contribution in [3.63, 3.8) is 0 Å². The molecule has 158 valence electrons. The van der Waals surface area contributed by atoms with Gasteiger partial charge in [-0.05, 0) is 56.5 Å². The van der Waals surface area contributed by atoms with E-state index < -0.39 is 0 Å². The van der Waals surface area contributed by atoms with E-state index in [4.69, 9.17) is 4.74 Å². The Bertz CT molecular complexity index is 1250. The van der Waals surface area contributed by atoms with Gasteiger partial charge in [0.2, 0.25) is 5.95 Å². The van der Waals surface area contributed by atoms with Gasteiger partial charge in [-0.1, -0.05) is 5.21 Å². The van der Waals surface area contributed by atoms with Crippen molar-refractivity contribution in [2.24, 2.45) is 0 Å². The smallest absolute Gasteiger partial charge is 0.266 e. The maximum absolute atomic E-state index is 12.0. The molecule has 0 bridgehead atoms. The fraction of sp³-hybridized carbons (Fsp3) is 0.333. The molecule has 10 nitrogen and oxygen atoms in total. The van der Waals surface area contributed by atoms with Gasteiger partial charge in [-0.25, -0.2) is 9.67 Å². The average molecular weight is 418 g/mol. The van der Waals surface area contributed by atoms with Crippen molar-refractivity contribution < 1.29 is 4.74 Å². The first-order chi connectivity index (χ1) is 15.2. The minimum atomic E-state index is -0.0730. The van der Waals surface area contributed by atoms with Crippen LogP contribution in [0, 0.1) is 0 Å². The number of nitrogens with zero attached hydrogens (tertiary/aromatic N) is 7. The molecule has 1 aliphatic rings. The summed E-state index contributed by atoms with van der Waals surface area (Å²) in [5.74, 6) is 1.32. The Labute approximate surface area is 177 Å². The van der Waals surface area contributed by atoms with Crippen LogP contribution < -0.4 is 15.6 Å². The Balaban J connectivity index is 1.35. The van der Waals surface area contributed by atoms with Crippen molar-refractivity contribution in [2.45, 2.75) is 38.3 Å². The highest BCUT2D eigenvalue weighted by atomic mass is 16.5. The van der Waals surface area contributed by atoms with E-state index in [-0.39, 0.29) is 17.6 Å². The van der Waals surface area contributed by atoms with E-state index in [0.29, 0.717) is 23.7 Å². The van der Waals surface area contributed by atoms with Crippen LogP contribution in [0.25, 0.3) is 16.9 Å². The molecule has 0 radical (unpaired) electrons. The number of fused-ring (bicyclic) bond motifs is 1. The number of benzene rings is 1. The first-order valence-corrected chi connectivity index (χ1v) is 10.3. The number of nitrogens with one attached hydrogen (secondary N) is 1. The van der Waals surface area contributed by atoms with Crippen LogP contribution in [0.1, 0.15) is 32.2 Å². The van der Waals surface area contributed by atoms with Crippen LogP contribution in [0.4, 0.5) is 5.95 Å². The lowest BCUT2D eigenvalue weighted by Gasteiger charge is -2.14. The first kappa shape index (κ1) is 19.2. The van der Waals surface area contributed by atoms with Gasteiger partial charge in [0.25, 0.3) is 5.56 Å². The van der Waals surface area contributed by atoms with Crippen LogP contribution in [0.3, 0.4) is 0 Å². The molecular weight excluding hydrogens is 396 g/mol. The lowest BCUT2D eigenvalue weighted by atomic mass is 10.2. The highest BCUT2D eigenvalue weighted by Gasteiger charge is 2.27. The molecule has 1 fully saturated rings. The lowest BCUT2D eigenvalue weighted by Crippen LogP contribution is -2.26. The van der Waals surface area contributed by atoms with E-state index in [2.05, 4.69) is 30.7 Å². The van der Waals surface area contributed by atoms with Crippen LogP contribution >= 0.6 is 0 Å². The van der Waals surface area contributed by atoms with E-state index in [1.54, 1.807) is 33.9 Å². The number of aromatic nitrogens is 7. The van der Waals surface area contributed by atoms with E-state index in [9.17, 15) is 4.79 Å². The minimum absolute atomic E-state index is 0.0730. The van der Waals surface area contributed by atoms with E-state index in [1.165, 1.54) is 0 Å². The molecule has 4 aromatic rings. The van der Waals surface area contributed by atoms with Crippen molar-refractivity contribution in [3.05, 3.63) is 59.1 Å². The Morgan fingerprint density at radius 3 is 2.87 bits per heavy atom. The fourth-order valence-corrected chi connectivity index (χ4v) is 3.96. The molecule has 0 aliphatic heterocycles. The van der Waals surface area contributed by atoms with Gasteiger partial charge in [-0.2, -0.15) is 14.8 Å². The predicted molar refractivity (Wildman–Crippen MR) is 114 cm³/mol. The molecule has 5 rings (SSSR count). The number of ether oxygens (including phenoxy) is 1. The van der Waals surface area contributed by atoms with Gasteiger partial charge in [0.05, 0.1) is 24.5 Å². The number of hydrogen-bond acceptors (Lipinski definition) is 8. The summed E-state index contributed by atoms with van der Waals surface area (Å²) in [7, 11) is 0. The van der Waals surface area contributed by atoms with Crippen molar-refractivity contribution in [3.8, 4) is 11.4 Å². The zero-order valence-electron chi connectivity index (χ0n) is 17.0. The van der Waals surface area contributed by atoms with Crippen molar-refractivity contribution in [1.82, 2.24) is 34.7 Å². The third-order valence-electron chi connectivity index (χ3n) is 5.41. The van der Waals surface area contributed by atoms with Gasteiger partial charge in [0.15, 0.2) is 11.2 Å². The maximum atomic E-state index is 12.0. The van der Waals surface area contributed by atoms with Gasteiger partial charge >= 0.3 is 0 Å². The molecule has 31 heavy (non-hydrogen) atoms. The number of anilines is 1. The predicted octanol–water partition coefficient (Wildman–Crippen LogP) is 2.37. The molecule has 1 aliphatic carbocycles. The van der Waals surface area contributed by atoms with Crippen molar-refractivity contribution in [2.75, 3.05) is 11.9 Å². The van der Waals surface area contributed by atoms with E-state index in [0.717, 1.165) is 30.7 Å². The van der Waals surface area contributed by atoms with Crippen LogP contribution in [-0.2, 0) is 0 Å². The van der Waals surface area contributed by atoms with Crippen LogP contribution in [0.2, 0.25) is 0 Å². The largest absolute Gasteiger partial charge is 0.494 e. The highest BCUT2D eigenvalue weighted by molar-refractivity contribution is 5.72. The zero-order chi connectivity index (χ0) is 21.2. The molecule has 0 amide bonds. The summed E-state index contributed by atoms with van der Waals surface area (Å²) in [5, 5.41) is 16.0. The average Bonchev–Trinajstić information content (AvgIpc) is 3.42. The Morgan fingerprint density at radius 2 is 2.06 bits per heavy atom. The van der Waals surface area contributed by atoms with Crippen LogP contribution in [-0.4, -0.2) is 47.4 Å². The standard InChI is InChI=1S/C21H22N8O2/c1-2-31-17-9-7-15(8-10-17)29-20-18(26-27-29)13-22-21(25-20)24-14-5-6-16(12-14)28-19(30)4-3-11-23-28/h3-4,7-11,13-14,16H,2,5-6,12H2,1H3,(H,22,24,25). The molecule has 0 saturated heterocycles. The zero-order valence-corrected chi connectivity index (χ0v) is 17.0. The molecule has 3 aromatic heterocycles. The summed E-state index contributed by atoms with van der Waals surface area (Å²) in [6, 6.07) is 11.1. The van der Waals surface area contributed by atoms with Gasteiger partial charge < -0.3 is 10.1 Å². The van der Waals surface area contributed by atoms with Gasteiger partial charge in [0, 0.05) is 18.3 Å². The number of hydrogen-bond donors (Lipinski definition) is 1. The molecular formula is C21H22N8O2. The lowest BCUT2D eigenvalue weighted by molar-refractivity contribution is 0.340. The summed E-state index contributed by atoms with van der Waals surface area (Å²) in [5.41, 5.74) is 2.00. The Morgan fingerprint density at radius 1 is 1.19 bits per heavy atom. The second-order valence-electron chi connectivity index (χ2n) is 7.45. The molecule has 10 heteroatoms. The van der Waals surface area contributed by atoms with Gasteiger partial charge in [0.1, 0.15) is 5.75 Å². The second-order valence-corrected chi connectivity index (χ2v) is 7.45. The molecule has 1 N–H and O–H groups in total. The summed E-state index contributed by atoms with van der Waals surface area (Å²) in [6.07, 6.45) is 5.88. The van der Waals surface area contributed by atoms with Crippen molar-refractivity contribution >= 4 is 17.1 Å². The summed E-state index contributed by atoms with van der Waals surface area (Å²) >= 11 is 0. The topological polar surface area (TPSA) is 113 Å². The maximum Gasteiger partial charge on any atom is 0.266 e. The van der Waals surface area contributed by atoms with Gasteiger partial charge in [-0.15, -0.1) is 5.10 Å². The van der Waals surface area contributed by atoms with E-state index >= 15 is 0 Å². The second kappa shape index (κ2) is 8.13. The Hall–Kier alpha value is -3.82. The molecule has 2 unspecified atom stereocenters. The van der Waals surface area contributed by atoms with Crippen LogP contribution in [0.5, 0.6) is 5.75 Å². The summed E-state index contributed by atoms with van der Waals surface area (Å²) in [4.78, 5) is 21.1. The van der Waals surface area contributed by atoms with Crippen molar-refractivity contribution in [1.29, 1.82) is 0 Å². The van der Waals surface area contributed by atoms with Gasteiger partial charge in [-0.3, -0.25) is 4.79 Å². The van der Waals surface area contributed by atoms with E-state index in [1.807, 2.05) is 31.2 Å². The Kier molecular flexibility index (Phi) is 5.03. The number of rotatable bonds is 6. The summed E-state index contributed by atoms with van der Waals surface area (Å²) < 4.78 is 8.75. The summed E-state index contributed by atoms with van der Waals surface area (Å²) in [6.45, 7) is 2.57. The molecule has 1 saturated carbocycles. The highest BCUT2D eigenvalue weighted by Crippen LogP contribution is 2.30. The third-order valence-corrected chi connectivity index (χ3v) is 5.41. The first-order valence-electron chi connectivity index (χ1n) is 10.3. The molecule has 0 spiro atoms. The minimum Gasteiger partial charge on any atom is -0.494 e. The normalized spacial score (nSPS) is 18.4. The molecule has 3 heterocycles. The molecule has 1 aromatic carbocycles. The fourth-order valence-electron chi connectivity index (χ4n) is 3.96. The SMILES string of the molecule is CCOc1ccc(-n2nnc3cnc(NC4CCC(n5ncccc5=O)C4)nc32)cc1.